The molecule has 0 saturated heterocycles. The Bertz CT molecular complexity index is 752. The van der Waals surface area contributed by atoms with Crippen molar-refractivity contribution in [2.24, 2.45) is 5.92 Å². The van der Waals surface area contributed by atoms with E-state index in [1.165, 1.54) is 10.4 Å². The Kier molecular flexibility index (Phi) is 11.5. The summed E-state index contributed by atoms with van der Waals surface area (Å²) < 4.78 is 23.5. The van der Waals surface area contributed by atoms with Gasteiger partial charge < -0.3 is 23.7 Å². The Hall–Kier alpha value is -1.80. The zero-order valence-corrected chi connectivity index (χ0v) is 21.5. The third-order valence-electron chi connectivity index (χ3n) is 5.89. The first-order valence-electron chi connectivity index (χ1n) is 11.6. The van der Waals surface area contributed by atoms with Crippen LogP contribution in [0.4, 0.5) is 0 Å². The molecule has 0 heterocycles. The molecule has 0 bridgehead atoms. The van der Waals surface area contributed by atoms with E-state index in [9.17, 15) is 5.11 Å². The van der Waals surface area contributed by atoms with Gasteiger partial charge in [-0.05, 0) is 21.8 Å². The van der Waals surface area contributed by atoms with E-state index >= 15 is 0 Å². The summed E-state index contributed by atoms with van der Waals surface area (Å²) in [5.74, 6) is -0.212. The molecule has 2 aromatic rings. The van der Waals surface area contributed by atoms with E-state index in [2.05, 4.69) is 75.9 Å². The van der Waals surface area contributed by atoms with Gasteiger partial charge in [-0.1, -0.05) is 87.5 Å². The highest BCUT2D eigenvalue weighted by atomic mass is 28.4. The molecule has 0 fully saturated rings. The molecule has 0 aliphatic carbocycles. The van der Waals surface area contributed by atoms with Crippen LogP contribution >= 0.6 is 0 Å². The molecule has 33 heavy (non-hydrogen) atoms. The first kappa shape index (κ1) is 27.4. The number of methoxy groups -OCH3 is 1. The van der Waals surface area contributed by atoms with Gasteiger partial charge in [0.2, 0.25) is 0 Å². The SMILES string of the molecule is C=CC[C@H](OCOCCOC)[C@@H](CO)CO[Si](c1ccccc1)(c1ccccc1)C(C)(C)C. The molecule has 6 heteroatoms. The number of ether oxygens (including phenoxy) is 3. The van der Waals surface area contributed by atoms with Gasteiger partial charge in [-0.2, -0.15) is 0 Å². The van der Waals surface area contributed by atoms with Gasteiger partial charge in [-0.15, -0.1) is 6.58 Å². The van der Waals surface area contributed by atoms with Crippen LogP contribution in [0.25, 0.3) is 0 Å². The van der Waals surface area contributed by atoms with Gasteiger partial charge in [0.1, 0.15) is 6.79 Å². The number of aliphatic hydroxyl groups excluding tert-OH is 1. The number of benzene rings is 2. The molecule has 1 N–H and O–H groups in total. The maximum Gasteiger partial charge on any atom is 0.261 e. The Labute approximate surface area is 200 Å². The summed E-state index contributed by atoms with van der Waals surface area (Å²) in [5.41, 5.74) is 0. The van der Waals surface area contributed by atoms with Crippen LogP contribution in [-0.4, -0.2) is 59.9 Å². The molecular weight excluding hydrogens is 432 g/mol. The topological polar surface area (TPSA) is 57.2 Å². The molecule has 0 unspecified atom stereocenters. The molecule has 2 atom stereocenters. The maximum atomic E-state index is 10.3. The van der Waals surface area contributed by atoms with Gasteiger partial charge in [-0.3, -0.25) is 0 Å². The summed E-state index contributed by atoms with van der Waals surface area (Å²) in [5, 5.41) is 12.6. The number of hydrogen-bond donors (Lipinski definition) is 1. The largest absolute Gasteiger partial charge is 0.407 e. The van der Waals surface area contributed by atoms with Gasteiger partial charge in [0, 0.05) is 19.6 Å². The second kappa shape index (κ2) is 13.8. The Balaban J connectivity index is 2.32. The van der Waals surface area contributed by atoms with Crippen molar-refractivity contribution >= 4 is 18.7 Å². The molecule has 5 nitrogen and oxygen atoms in total. The van der Waals surface area contributed by atoms with Gasteiger partial charge in [0.15, 0.2) is 0 Å². The Morgan fingerprint density at radius 3 is 2.00 bits per heavy atom. The van der Waals surface area contributed by atoms with E-state index in [-0.39, 0.29) is 30.5 Å². The molecular formula is C27H40O5Si. The lowest BCUT2D eigenvalue weighted by atomic mass is 10.0. The molecule has 182 valence electrons. The van der Waals surface area contributed by atoms with E-state index < -0.39 is 8.32 Å². The maximum absolute atomic E-state index is 10.3. The van der Waals surface area contributed by atoms with Crippen LogP contribution in [0, 0.1) is 5.92 Å². The first-order valence-corrected chi connectivity index (χ1v) is 13.5. The molecule has 0 aromatic heterocycles. The van der Waals surface area contributed by atoms with E-state index in [1.807, 2.05) is 18.2 Å². The minimum absolute atomic E-state index is 0.0468. The van der Waals surface area contributed by atoms with Crippen LogP contribution in [0.2, 0.25) is 5.04 Å². The van der Waals surface area contributed by atoms with Crippen molar-refractivity contribution in [3.8, 4) is 0 Å². The summed E-state index contributed by atoms with van der Waals surface area (Å²) in [6.07, 6.45) is 2.15. The smallest absolute Gasteiger partial charge is 0.261 e. The van der Waals surface area contributed by atoms with Crippen molar-refractivity contribution in [1.82, 2.24) is 0 Å². The number of rotatable bonds is 15. The highest BCUT2D eigenvalue weighted by Crippen LogP contribution is 2.37. The van der Waals surface area contributed by atoms with Gasteiger partial charge in [0.05, 0.1) is 25.9 Å². The predicted molar refractivity (Wildman–Crippen MR) is 137 cm³/mol. The van der Waals surface area contributed by atoms with Crippen LogP contribution in [0.1, 0.15) is 27.2 Å². The fraction of sp³-hybridized carbons (Fsp3) is 0.481. The fourth-order valence-electron chi connectivity index (χ4n) is 4.17. The second-order valence-corrected chi connectivity index (χ2v) is 13.5. The monoisotopic (exact) mass is 472 g/mol. The summed E-state index contributed by atoms with van der Waals surface area (Å²) >= 11 is 0. The lowest BCUT2D eigenvalue weighted by Crippen LogP contribution is -2.67. The lowest BCUT2D eigenvalue weighted by molar-refractivity contribution is -0.121. The molecule has 0 radical (unpaired) electrons. The van der Waals surface area contributed by atoms with Crippen LogP contribution in [0.15, 0.2) is 73.3 Å². The van der Waals surface area contributed by atoms with Crippen LogP contribution in [0.5, 0.6) is 0 Å². The third kappa shape index (κ3) is 7.34. The highest BCUT2D eigenvalue weighted by Gasteiger charge is 2.50. The summed E-state index contributed by atoms with van der Waals surface area (Å²) in [7, 11) is -1.05. The van der Waals surface area contributed by atoms with E-state index in [0.29, 0.717) is 26.2 Å². The Morgan fingerprint density at radius 1 is 0.970 bits per heavy atom. The predicted octanol–water partition coefficient (Wildman–Crippen LogP) is 3.75. The number of aliphatic hydroxyl groups is 1. The van der Waals surface area contributed by atoms with Crippen LogP contribution in [0.3, 0.4) is 0 Å². The van der Waals surface area contributed by atoms with Crippen LogP contribution < -0.4 is 10.4 Å². The van der Waals surface area contributed by atoms with Crippen molar-refractivity contribution in [2.75, 3.05) is 40.3 Å². The van der Waals surface area contributed by atoms with Gasteiger partial charge in [0.25, 0.3) is 8.32 Å². The summed E-state index contributed by atoms with van der Waals surface area (Å²) in [6, 6.07) is 21.0. The third-order valence-corrected chi connectivity index (χ3v) is 10.9. The van der Waals surface area contributed by atoms with Crippen molar-refractivity contribution in [3.63, 3.8) is 0 Å². The molecule has 2 aromatic carbocycles. The average Bonchev–Trinajstić information content (AvgIpc) is 2.82. The molecule has 0 aliphatic rings. The van der Waals surface area contributed by atoms with Crippen molar-refractivity contribution < 1.29 is 23.7 Å². The van der Waals surface area contributed by atoms with E-state index in [0.717, 1.165) is 0 Å². The first-order chi connectivity index (χ1) is 15.9. The normalized spacial score (nSPS) is 14.1. The summed E-state index contributed by atoms with van der Waals surface area (Å²) in [4.78, 5) is 0. The molecule has 0 spiro atoms. The van der Waals surface area contributed by atoms with E-state index in [4.69, 9.17) is 18.6 Å². The Morgan fingerprint density at radius 2 is 1.55 bits per heavy atom. The standard InChI is InChI=1S/C27H40O5Si/c1-6-13-26(31-22-30-19-18-29-5)23(20-28)21-32-33(27(2,3)4,24-14-9-7-10-15-24)25-16-11-8-12-17-25/h6-12,14-17,23,26,28H,1,13,18-22H2,2-5H3/t23-,26-/m0/s1. The van der Waals surface area contributed by atoms with Gasteiger partial charge >= 0.3 is 0 Å². The molecule has 0 saturated carbocycles. The number of hydrogen-bond acceptors (Lipinski definition) is 5. The molecule has 0 aliphatic heterocycles. The average molecular weight is 473 g/mol. The second-order valence-electron chi connectivity index (χ2n) is 9.17. The zero-order chi connectivity index (χ0) is 24.2. The highest BCUT2D eigenvalue weighted by molar-refractivity contribution is 6.99. The molecule has 0 amide bonds. The quantitative estimate of drug-likeness (QED) is 0.185. The summed E-state index contributed by atoms with van der Waals surface area (Å²) in [6.45, 7) is 12.0. The van der Waals surface area contributed by atoms with E-state index in [1.54, 1.807) is 7.11 Å². The zero-order valence-electron chi connectivity index (χ0n) is 20.5. The minimum Gasteiger partial charge on any atom is -0.407 e. The fourth-order valence-corrected chi connectivity index (χ4v) is 8.79. The van der Waals surface area contributed by atoms with Gasteiger partial charge in [-0.25, -0.2) is 0 Å². The minimum atomic E-state index is -2.69. The van der Waals surface area contributed by atoms with Crippen LogP contribution in [-0.2, 0) is 18.6 Å². The van der Waals surface area contributed by atoms with Crippen molar-refractivity contribution in [2.45, 2.75) is 38.3 Å². The van der Waals surface area contributed by atoms with Crippen molar-refractivity contribution in [3.05, 3.63) is 73.3 Å². The van der Waals surface area contributed by atoms with Crippen molar-refractivity contribution in [1.29, 1.82) is 0 Å². The lowest BCUT2D eigenvalue weighted by Gasteiger charge is -2.44. The molecule has 2 rings (SSSR count).